The van der Waals surface area contributed by atoms with E-state index in [1.807, 2.05) is 35.7 Å². The summed E-state index contributed by atoms with van der Waals surface area (Å²) in [6, 6.07) is 9.21. The van der Waals surface area contributed by atoms with E-state index in [1.54, 1.807) is 0 Å². The van der Waals surface area contributed by atoms with Crippen molar-refractivity contribution in [3.05, 3.63) is 35.4 Å². The second-order valence-electron chi connectivity index (χ2n) is 6.29. The fourth-order valence-corrected chi connectivity index (χ4v) is 6.66. The summed E-state index contributed by atoms with van der Waals surface area (Å²) in [5.74, 6) is 2.70. The van der Waals surface area contributed by atoms with Crippen molar-refractivity contribution >= 4 is 29.4 Å². The summed E-state index contributed by atoms with van der Waals surface area (Å²) in [7, 11) is 0. The van der Waals surface area contributed by atoms with E-state index in [2.05, 4.69) is 22.3 Å². The first-order valence-corrected chi connectivity index (χ1v) is 10.3. The molecule has 0 aliphatic carbocycles. The molecule has 118 valence electrons. The molecule has 3 aliphatic heterocycles. The summed E-state index contributed by atoms with van der Waals surface area (Å²) in [4.78, 5) is 15.1. The van der Waals surface area contributed by atoms with Gasteiger partial charge in [-0.25, -0.2) is 0 Å². The van der Waals surface area contributed by atoms with Gasteiger partial charge in [0.1, 0.15) is 0 Å². The van der Waals surface area contributed by atoms with Gasteiger partial charge < -0.3 is 10.2 Å². The lowest BCUT2D eigenvalue weighted by atomic mass is 10.1. The molecule has 1 amide bonds. The Labute approximate surface area is 140 Å². The summed E-state index contributed by atoms with van der Waals surface area (Å²) < 4.78 is 0.558. The van der Waals surface area contributed by atoms with E-state index in [-0.39, 0.29) is 5.91 Å². The number of nitrogens with zero attached hydrogens (tertiary/aromatic N) is 1. The third kappa shape index (κ3) is 2.79. The molecular weight excluding hydrogens is 312 g/mol. The quantitative estimate of drug-likeness (QED) is 0.901. The average molecular weight is 335 g/mol. The molecule has 3 nitrogen and oxygen atoms in total. The van der Waals surface area contributed by atoms with E-state index in [0.29, 0.717) is 16.7 Å². The maximum Gasteiger partial charge on any atom is 0.254 e. The van der Waals surface area contributed by atoms with Gasteiger partial charge in [0.25, 0.3) is 5.91 Å². The van der Waals surface area contributed by atoms with Crippen molar-refractivity contribution in [2.45, 2.75) is 35.9 Å². The van der Waals surface area contributed by atoms with E-state index in [1.165, 1.54) is 23.5 Å². The van der Waals surface area contributed by atoms with E-state index in [9.17, 15) is 4.79 Å². The van der Waals surface area contributed by atoms with Crippen molar-refractivity contribution in [1.29, 1.82) is 0 Å². The number of benzene rings is 1. The molecule has 3 fully saturated rings. The third-order valence-corrected chi connectivity index (χ3v) is 8.04. The van der Waals surface area contributed by atoms with Crippen molar-refractivity contribution in [3.8, 4) is 0 Å². The molecule has 3 heterocycles. The highest BCUT2D eigenvalue weighted by atomic mass is 32.2. The Bertz CT molecular complexity index is 528. The normalized spacial score (nSPS) is 28.8. The SMILES string of the molecule is O=C(c1ccc(C2SCCS2)cc1)N1C2CCNCC1CC2. The molecule has 3 aliphatic rings. The van der Waals surface area contributed by atoms with Crippen LogP contribution in [0, 0.1) is 0 Å². The number of amides is 1. The first-order chi connectivity index (χ1) is 10.8. The van der Waals surface area contributed by atoms with Crippen LogP contribution in [0.4, 0.5) is 0 Å². The van der Waals surface area contributed by atoms with Gasteiger partial charge in [0, 0.05) is 35.7 Å². The molecule has 0 saturated carbocycles. The van der Waals surface area contributed by atoms with E-state index < -0.39 is 0 Å². The Kier molecular flexibility index (Phi) is 4.38. The molecule has 5 heteroatoms. The fraction of sp³-hybridized carbons (Fsp3) is 0.588. The van der Waals surface area contributed by atoms with Crippen molar-refractivity contribution in [3.63, 3.8) is 0 Å². The van der Waals surface area contributed by atoms with Gasteiger partial charge in [-0.2, -0.15) is 0 Å². The zero-order chi connectivity index (χ0) is 14.9. The molecule has 0 aromatic heterocycles. The number of carbonyl (C=O) groups excluding carboxylic acids is 1. The van der Waals surface area contributed by atoms with Gasteiger partial charge in [0.05, 0.1) is 4.58 Å². The maximum absolute atomic E-state index is 12.9. The second-order valence-corrected chi connectivity index (χ2v) is 9.01. The summed E-state index contributed by atoms with van der Waals surface area (Å²) in [6.07, 6.45) is 3.41. The molecule has 2 unspecified atom stereocenters. The first kappa shape index (κ1) is 14.9. The van der Waals surface area contributed by atoms with E-state index in [0.717, 1.165) is 31.5 Å². The van der Waals surface area contributed by atoms with Crippen LogP contribution in [-0.2, 0) is 0 Å². The standard InChI is InChI=1S/C17H22N2OS2/c20-16(19-14-5-6-15(19)11-18-8-7-14)12-1-3-13(4-2-12)17-21-9-10-22-17/h1-4,14-15,17-18H,5-11H2. The second kappa shape index (κ2) is 6.46. The molecule has 2 atom stereocenters. The monoisotopic (exact) mass is 334 g/mol. The van der Waals surface area contributed by atoms with Gasteiger partial charge in [-0.05, 0) is 43.5 Å². The Morgan fingerprint density at radius 1 is 1.05 bits per heavy atom. The van der Waals surface area contributed by atoms with Crippen LogP contribution >= 0.6 is 23.5 Å². The van der Waals surface area contributed by atoms with Crippen LogP contribution < -0.4 is 5.32 Å². The number of thioether (sulfide) groups is 2. The van der Waals surface area contributed by atoms with Gasteiger partial charge in [-0.1, -0.05) is 12.1 Å². The molecule has 4 rings (SSSR count). The molecule has 1 aromatic carbocycles. The van der Waals surface area contributed by atoms with Crippen LogP contribution in [0.25, 0.3) is 0 Å². The third-order valence-electron chi connectivity index (χ3n) is 4.94. The van der Waals surface area contributed by atoms with Crippen molar-refractivity contribution in [1.82, 2.24) is 10.2 Å². The lowest BCUT2D eigenvalue weighted by Crippen LogP contribution is -2.42. The summed E-state index contributed by atoms with van der Waals surface area (Å²) in [5.41, 5.74) is 2.21. The zero-order valence-electron chi connectivity index (χ0n) is 12.7. The van der Waals surface area contributed by atoms with Gasteiger partial charge in [0.2, 0.25) is 0 Å². The van der Waals surface area contributed by atoms with Crippen molar-refractivity contribution in [2.75, 3.05) is 24.6 Å². The molecule has 0 spiro atoms. The van der Waals surface area contributed by atoms with Crippen LogP contribution in [-0.4, -0.2) is 47.5 Å². The minimum absolute atomic E-state index is 0.231. The predicted molar refractivity (Wildman–Crippen MR) is 94.6 cm³/mol. The van der Waals surface area contributed by atoms with Gasteiger partial charge in [0.15, 0.2) is 0 Å². The predicted octanol–water partition coefficient (Wildman–Crippen LogP) is 3.13. The number of fused-ring (bicyclic) bond motifs is 2. The Hall–Kier alpha value is -0.650. The highest BCUT2D eigenvalue weighted by molar-refractivity contribution is 8.19. The molecule has 3 saturated heterocycles. The number of hydrogen-bond donors (Lipinski definition) is 1. The summed E-state index contributed by atoms with van der Waals surface area (Å²) >= 11 is 4.02. The fourth-order valence-electron chi connectivity index (χ4n) is 3.80. The minimum atomic E-state index is 0.231. The maximum atomic E-state index is 12.9. The highest BCUT2D eigenvalue weighted by Crippen LogP contribution is 2.45. The number of carbonyl (C=O) groups is 1. The first-order valence-electron chi connectivity index (χ1n) is 8.19. The number of nitrogens with one attached hydrogen (secondary N) is 1. The van der Waals surface area contributed by atoms with E-state index in [4.69, 9.17) is 0 Å². The van der Waals surface area contributed by atoms with Crippen molar-refractivity contribution in [2.24, 2.45) is 0 Å². The summed E-state index contributed by atoms with van der Waals surface area (Å²) in [5, 5.41) is 3.46. The lowest BCUT2D eigenvalue weighted by molar-refractivity contribution is 0.0680. The highest BCUT2D eigenvalue weighted by Gasteiger charge is 2.38. The van der Waals surface area contributed by atoms with Crippen LogP contribution in [0.5, 0.6) is 0 Å². The van der Waals surface area contributed by atoms with Gasteiger partial charge in [-0.3, -0.25) is 4.79 Å². The molecule has 0 radical (unpaired) electrons. The Morgan fingerprint density at radius 2 is 1.77 bits per heavy atom. The largest absolute Gasteiger partial charge is 0.331 e. The van der Waals surface area contributed by atoms with Crippen molar-refractivity contribution < 1.29 is 4.79 Å². The topological polar surface area (TPSA) is 32.3 Å². The average Bonchev–Trinajstić information content (AvgIpc) is 3.14. The molecule has 1 N–H and O–H groups in total. The lowest BCUT2D eigenvalue weighted by Gasteiger charge is -2.28. The van der Waals surface area contributed by atoms with Gasteiger partial charge >= 0.3 is 0 Å². The van der Waals surface area contributed by atoms with Crippen LogP contribution in [0.2, 0.25) is 0 Å². The molecule has 1 aromatic rings. The number of rotatable bonds is 2. The van der Waals surface area contributed by atoms with Crippen LogP contribution in [0.15, 0.2) is 24.3 Å². The van der Waals surface area contributed by atoms with Crippen LogP contribution in [0.3, 0.4) is 0 Å². The van der Waals surface area contributed by atoms with Crippen LogP contribution in [0.1, 0.15) is 39.8 Å². The van der Waals surface area contributed by atoms with E-state index >= 15 is 0 Å². The number of hydrogen-bond acceptors (Lipinski definition) is 4. The van der Waals surface area contributed by atoms with Gasteiger partial charge in [-0.15, -0.1) is 23.5 Å². The smallest absolute Gasteiger partial charge is 0.254 e. The molecular formula is C17H22N2OS2. The Balaban J connectivity index is 1.52. The molecule has 22 heavy (non-hydrogen) atoms. The molecule has 2 bridgehead atoms. The minimum Gasteiger partial charge on any atom is -0.331 e. The zero-order valence-corrected chi connectivity index (χ0v) is 14.3. The summed E-state index contributed by atoms with van der Waals surface area (Å²) in [6.45, 7) is 2.00. The Morgan fingerprint density at radius 3 is 2.55 bits per heavy atom.